The lowest BCUT2D eigenvalue weighted by atomic mass is 10.1. The number of aliphatic imine (C=N–C) groups is 1. The van der Waals surface area contributed by atoms with Gasteiger partial charge in [0.05, 0.1) is 18.8 Å². The van der Waals surface area contributed by atoms with E-state index in [-0.39, 0.29) is 0 Å². The number of likely N-dealkylation sites (N-methyl/N-ethyl adjacent to an activating group) is 1. The van der Waals surface area contributed by atoms with Crippen molar-refractivity contribution >= 4 is 11.8 Å². The molecule has 0 aliphatic carbocycles. The van der Waals surface area contributed by atoms with E-state index in [1.807, 2.05) is 12.1 Å². The fourth-order valence-electron chi connectivity index (χ4n) is 1.78. The second-order valence-electron chi connectivity index (χ2n) is 3.80. The van der Waals surface area contributed by atoms with E-state index in [0.29, 0.717) is 6.54 Å². The zero-order valence-electron chi connectivity index (χ0n) is 9.27. The maximum atomic E-state index is 9.96. The molecule has 2 rings (SSSR count). The molecule has 0 radical (unpaired) electrons. The summed E-state index contributed by atoms with van der Waals surface area (Å²) in [7, 11) is 2.05. The van der Waals surface area contributed by atoms with Gasteiger partial charge in [-0.2, -0.15) is 0 Å². The Balaban J connectivity index is 2.16. The van der Waals surface area contributed by atoms with Crippen molar-refractivity contribution in [3.05, 3.63) is 23.8 Å². The maximum absolute atomic E-state index is 9.96. The van der Waals surface area contributed by atoms with Crippen LogP contribution in [0.1, 0.15) is 5.56 Å². The molecule has 1 aromatic rings. The summed E-state index contributed by atoms with van der Waals surface area (Å²) in [4.78, 5) is 15.7. The van der Waals surface area contributed by atoms with Crippen molar-refractivity contribution < 1.29 is 9.53 Å². The number of benzene rings is 1. The first-order chi connectivity index (χ1) is 7.81. The van der Waals surface area contributed by atoms with E-state index >= 15 is 0 Å². The van der Waals surface area contributed by atoms with Gasteiger partial charge in [0.15, 0.2) is 0 Å². The summed E-state index contributed by atoms with van der Waals surface area (Å²) >= 11 is 0. The van der Waals surface area contributed by atoms with Gasteiger partial charge < -0.3 is 9.64 Å². The minimum Gasteiger partial charge on any atom is -0.490 e. The topological polar surface area (TPSA) is 41.9 Å². The minimum atomic E-state index is 0.493. The summed E-state index contributed by atoms with van der Waals surface area (Å²) in [5.74, 6) is 0.927. The Hall–Kier alpha value is -1.80. The molecule has 0 saturated carbocycles. The molecule has 84 valence electrons. The molecule has 0 aromatic heterocycles. The summed E-state index contributed by atoms with van der Waals surface area (Å²) in [5, 5.41) is 0. The second kappa shape index (κ2) is 4.81. The molecule has 0 amide bonds. The van der Waals surface area contributed by atoms with Gasteiger partial charge in [-0.25, -0.2) is 9.79 Å². The fourth-order valence-corrected chi connectivity index (χ4v) is 1.78. The van der Waals surface area contributed by atoms with Crippen molar-refractivity contribution in [1.82, 2.24) is 0 Å². The summed E-state index contributed by atoms with van der Waals surface area (Å²) in [6, 6.07) is 6.08. The van der Waals surface area contributed by atoms with Crippen LogP contribution in [0, 0.1) is 0 Å². The van der Waals surface area contributed by atoms with Gasteiger partial charge in [0.1, 0.15) is 12.4 Å². The van der Waals surface area contributed by atoms with Gasteiger partial charge in [0.25, 0.3) is 0 Å². The average Bonchev–Trinajstić information content (AvgIpc) is 2.30. The highest BCUT2D eigenvalue weighted by Crippen LogP contribution is 2.31. The third kappa shape index (κ3) is 2.23. The van der Waals surface area contributed by atoms with E-state index in [9.17, 15) is 4.79 Å². The first kappa shape index (κ1) is 10.7. The summed E-state index contributed by atoms with van der Waals surface area (Å²) < 4.78 is 5.55. The number of carbonyl (C=O) groups excluding carboxylic acids is 1. The molecule has 16 heavy (non-hydrogen) atoms. The van der Waals surface area contributed by atoms with Crippen molar-refractivity contribution in [3.8, 4) is 5.75 Å². The number of anilines is 1. The largest absolute Gasteiger partial charge is 0.490 e. The molecule has 1 heterocycles. The molecule has 0 fully saturated rings. The van der Waals surface area contributed by atoms with Crippen molar-refractivity contribution in [2.45, 2.75) is 6.42 Å². The summed E-state index contributed by atoms with van der Waals surface area (Å²) in [6.45, 7) is 2.13. The third-order valence-corrected chi connectivity index (χ3v) is 2.70. The molecule has 0 unspecified atom stereocenters. The summed E-state index contributed by atoms with van der Waals surface area (Å²) in [5.41, 5.74) is 2.27. The number of rotatable bonds is 3. The molecule has 1 aliphatic rings. The number of fused-ring (bicyclic) bond motifs is 1. The van der Waals surface area contributed by atoms with Gasteiger partial charge in [-0.05, 0) is 24.1 Å². The van der Waals surface area contributed by atoms with Gasteiger partial charge in [-0.3, -0.25) is 0 Å². The minimum absolute atomic E-state index is 0.493. The van der Waals surface area contributed by atoms with Crippen LogP contribution in [-0.2, 0) is 11.2 Å². The Morgan fingerprint density at radius 1 is 1.56 bits per heavy atom. The van der Waals surface area contributed by atoms with Gasteiger partial charge in [0.2, 0.25) is 6.08 Å². The highest BCUT2D eigenvalue weighted by Gasteiger charge is 2.14. The standard InChI is InChI=1S/C12H14N2O2/c1-14-6-7-16-12-3-2-10(8-11(12)14)4-5-13-9-15/h2-3,8H,4-7H2,1H3. The quantitative estimate of drug-likeness (QED) is 0.568. The summed E-state index contributed by atoms with van der Waals surface area (Å²) in [6.07, 6.45) is 2.31. The van der Waals surface area contributed by atoms with E-state index in [0.717, 1.165) is 36.6 Å². The molecule has 0 spiro atoms. The monoisotopic (exact) mass is 218 g/mol. The maximum Gasteiger partial charge on any atom is 0.234 e. The normalized spacial score (nSPS) is 13.7. The van der Waals surface area contributed by atoms with Gasteiger partial charge >= 0.3 is 0 Å². The molecule has 4 heteroatoms. The van der Waals surface area contributed by atoms with Crippen molar-refractivity contribution in [2.75, 3.05) is 31.6 Å². The fraction of sp³-hybridized carbons (Fsp3) is 0.417. The predicted octanol–water partition coefficient (Wildman–Crippen LogP) is 1.39. The molecule has 0 saturated heterocycles. The third-order valence-electron chi connectivity index (χ3n) is 2.70. The Morgan fingerprint density at radius 2 is 2.44 bits per heavy atom. The smallest absolute Gasteiger partial charge is 0.234 e. The Kier molecular flexibility index (Phi) is 3.22. The SMILES string of the molecule is CN1CCOc2ccc(CCN=C=O)cc21. The zero-order chi connectivity index (χ0) is 11.4. The Morgan fingerprint density at radius 3 is 3.25 bits per heavy atom. The van der Waals surface area contributed by atoms with Crippen LogP contribution in [0.4, 0.5) is 5.69 Å². The molecule has 0 bridgehead atoms. The Bertz CT molecular complexity index is 425. The lowest BCUT2D eigenvalue weighted by Crippen LogP contribution is -2.28. The lowest BCUT2D eigenvalue weighted by Gasteiger charge is -2.28. The Labute approximate surface area is 94.5 Å². The predicted molar refractivity (Wildman–Crippen MR) is 61.9 cm³/mol. The van der Waals surface area contributed by atoms with Crippen molar-refractivity contribution in [3.63, 3.8) is 0 Å². The van der Waals surface area contributed by atoms with E-state index in [1.165, 1.54) is 0 Å². The number of ether oxygens (including phenoxy) is 1. The number of hydrogen-bond acceptors (Lipinski definition) is 4. The van der Waals surface area contributed by atoms with E-state index < -0.39 is 0 Å². The molecular formula is C12H14N2O2. The van der Waals surface area contributed by atoms with Crippen LogP contribution in [0.5, 0.6) is 5.75 Å². The second-order valence-corrected chi connectivity index (χ2v) is 3.80. The number of hydrogen-bond donors (Lipinski definition) is 0. The van der Waals surface area contributed by atoms with Crippen LogP contribution in [0.15, 0.2) is 23.2 Å². The molecule has 0 N–H and O–H groups in total. The number of nitrogens with zero attached hydrogens (tertiary/aromatic N) is 2. The van der Waals surface area contributed by atoms with Crippen LogP contribution >= 0.6 is 0 Å². The highest BCUT2D eigenvalue weighted by atomic mass is 16.5. The molecular weight excluding hydrogens is 204 g/mol. The van der Waals surface area contributed by atoms with Crippen LogP contribution in [0.25, 0.3) is 0 Å². The van der Waals surface area contributed by atoms with E-state index in [4.69, 9.17) is 4.74 Å². The first-order valence-electron chi connectivity index (χ1n) is 5.32. The van der Waals surface area contributed by atoms with Gasteiger partial charge in [0, 0.05) is 7.05 Å². The molecule has 0 atom stereocenters. The highest BCUT2D eigenvalue weighted by molar-refractivity contribution is 5.60. The van der Waals surface area contributed by atoms with Crippen molar-refractivity contribution in [1.29, 1.82) is 0 Å². The first-order valence-corrected chi connectivity index (χ1v) is 5.32. The zero-order valence-corrected chi connectivity index (χ0v) is 9.27. The van der Waals surface area contributed by atoms with Crippen LogP contribution in [0.2, 0.25) is 0 Å². The van der Waals surface area contributed by atoms with Crippen molar-refractivity contribution in [2.24, 2.45) is 4.99 Å². The average molecular weight is 218 g/mol. The van der Waals surface area contributed by atoms with E-state index in [1.54, 1.807) is 6.08 Å². The molecule has 1 aliphatic heterocycles. The molecule has 1 aromatic carbocycles. The van der Waals surface area contributed by atoms with Crippen LogP contribution in [-0.4, -0.2) is 32.8 Å². The number of isocyanates is 1. The van der Waals surface area contributed by atoms with Crippen LogP contribution < -0.4 is 9.64 Å². The van der Waals surface area contributed by atoms with Gasteiger partial charge in [-0.15, -0.1) is 0 Å². The lowest BCUT2D eigenvalue weighted by molar-refractivity contribution is 0.311. The molecule has 4 nitrogen and oxygen atoms in total. The van der Waals surface area contributed by atoms with E-state index in [2.05, 4.69) is 23.0 Å². The van der Waals surface area contributed by atoms with Gasteiger partial charge in [-0.1, -0.05) is 6.07 Å². The van der Waals surface area contributed by atoms with Crippen LogP contribution in [0.3, 0.4) is 0 Å².